The van der Waals surface area contributed by atoms with Crippen molar-refractivity contribution in [2.45, 2.75) is 19.4 Å². The van der Waals surface area contributed by atoms with E-state index in [-0.39, 0.29) is 17.6 Å². The minimum absolute atomic E-state index is 0.227. The second-order valence-corrected chi connectivity index (χ2v) is 3.63. The standard InChI is InChI=1S/C12H16FNO/c1-8(2)7-10(14)9-5-4-6-11(15-3)12(9)13/h4-6,10H,1,7,14H2,2-3H3/t10-/m0/s1. The predicted octanol–water partition coefficient (Wildman–Crippen LogP) is 2.80. The lowest BCUT2D eigenvalue weighted by Crippen LogP contribution is -2.12. The Bertz CT molecular complexity index is 363. The van der Waals surface area contributed by atoms with Crippen molar-refractivity contribution in [2.75, 3.05) is 7.11 Å². The van der Waals surface area contributed by atoms with Gasteiger partial charge in [0.25, 0.3) is 0 Å². The molecule has 0 saturated heterocycles. The molecule has 0 amide bonds. The molecule has 0 fully saturated rings. The van der Waals surface area contributed by atoms with E-state index >= 15 is 0 Å². The second-order valence-electron chi connectivity index (χ2n) is 3.63. The van der Waals surface area contributed by atoms with Crippen molar-refractivity contribution in [1.82, 2.24) is 0 Å². The highest BCUT2D eigenvalue weighted by atomic mass is 19.1. The Morgan fingerprint density at radius 2 is 2.27 bits per heavy atom. The van der Waals surface area contributed by atoms with E-state index in [4.69, 9.17) is 10.5 Å². The van der Waals surface area contributed by atoms with Crippen LogP contribution in [-0.4, -0.2) is 7.11 Å². The monoisotopic (exact) mass is 209 g/mol. The van der Waals surface area contributed by atoms with Crippen LogP contribution in [0.2, 0.25) is 0 Å². The fourth-order valence-electron chi connectivity index (χ4n) is 1.46. The number of hydrogen-bond donors (Lipinski definition) is 1. The summed E-state index contributed by atoms with van der Waals surface area (Å²) in [6, 6.07) is 4.62. The highest BCUT2D eigenvalue weighted by molar-refractivity contribution is 5.33. The van der Waals surface area contributed by atoms with Gasteiger partial charge in [-0.05, 0) is 19.4 Å². The summed E-state index contributed by atoms with van der Waals surface area (Å²) < 4.78 is 18.6. The van der Waals surface area contributed by atoms with E-state index in [0.29, 0.717) is 12.0 Å². The van der Waals surface area contributed by atoms with Gasteiger partial charge in [0.2, 0.25) is 0 Å². The molecule has 2 nitrogen and oxygen atoms in total. The first kappa shape index (κ1) is 11.7. The van der Waals surface area contributed by atoms with E-state index in [9.17, 15) is 4.39 Å². The maximum Gasteiger partial charge on any atom is 0.169 e. The summed E-state index contributed by atoms with van der Waals surface area (Å²) in [7, 11) is 1.44. The van der Waals surface area contributed by atoms with E-state index in [1.807, 2.05) is 6.92 Å². The lowest BCUT2D eigenvalue weighted by atomic mass is 10.0. The van der Waals surface area contributed by atoms with E-state index in [0.717, 1.165) is 5.57 Å². The first-order chi connectivity index (χ1) is 7.06. The third-order valence-electron chi connectivity index (χ3n) is 2.18. The summed E-state index contributed by atoms with van der Waals surface area (Å²) in [5, 5.41) is 0. The van der Waals surface area contributed by atoms with Crippen molar-refractivity contribution in [3.05, 3.63) is 41.7 Å². The Labute approximate surface area is 89.6 Å². The second kappa shape index (κ2) is 4.94. The Morgan fingerprint density at radius 3 is 2.80 bits per heavy atom. The Kier molecular flexibility index (Phi) is 3.86. The van der Waals surface area contributed by atoms with Crippen LogP contribution in [0.1, 0.15) is 24.9 Å². The molecule has 2 N–H and O–H groups in total. The minimum Gasteiger partial charge on any atom is -0.494 e. The molecule has 3 heteroatoms. The molecule has 0 aliphatic carbocycles. The highest BCUT2D eigenvalue weighted by Crippen LogP contribution is 2.26. The summed E-state index contributed by atoms with van der Waals surface area (Å²) >= 11 is 0. The van der Waals surface area contributed by atoms with E-state index < -0.39 is 0 Å². The van der Waals surface area contributed by atoms with Crippen molar-refractivity contribution >= 4 is 0 Å². The van der Waals surface area contributed by atoms with Crippen LogP contribution in [0.4, 0.5) is 4.39 Å². The summed E-state index contributed by atoms with van der Waals surface area (Å²) in [4.78, 5) is 0. The van der Waals surface area contributed by atoms with Gasteiger partial charge < -0.3 is 10.5 Å². The lowest BCUT2D eigenvalue weighted by Gasteiger charge is -2.14. The first-order valence-electron chi connectivity index (χ1n) is 4.78. The molecule has 82 valence electrons. The molecule has 0 saturated carbocycles. The Balaban J connectivity index is 2.98. The smallest absolute Gasteiger partial charge is 0.169 e. The maximum absolute atomic E-state index is 13.7. The normalized spacial score (nSPS) is 12.3. The van der Waals surface area contributed by atoms with Crippen molar-refractivity contribution in [1.29, 1.82) is 0 Å². The SMILES string of the molecule is C=C(C)C[C@H](N)c1cccc(OC)c1F. The van der Waals surface area contributed by atoms with Crippen molar-refractivity contribution in [3.8, 4) is 5.75 Å². The molecule has 0 heterocycles. The first-order valence-corrected chi connectivity index (χ1v) is 4.78. The van der Waals surface area contributed by atoms with Crippen LogP contribution in [0.5, 0.6) is 5.75 Å². The fourth-order valence-corrected chi connectivity index (χ4v) is 1.46. The van der Waals surface area contributed by atoms with Crippen molar-refractivity contribution in [2.24, 2.45) is 5.73 Å². The molecule has 1 rings (SSSR count). The van der Waals surface area contributed by atoms with Crippen LogP contribution in [0.3, 0.4) is 0 Å². The summed E-state index contributed by atoms with van der Waals surface area (Å²) in [6.07, 6.45) is 0.573. The van der Waals surface area contributed by atoms with Gasteiger partial charge in [-0.3, -0.25) is 0 Å². The van der Waals surface area contributed by atoms with Gasteiger partial charge in [-0.1, -0.05) is 17.7 Å². The van der Waals surface area contributed by atoms with Gasteiger partial charge in [0.05, 0.1) is 7.11 Å². The molecule has 1 aromatic carbocycles. The lowest BCUT2D eigenvalue weighted by molar-refractivity contribution is 0.382. The van der Waals surface area contributed by atoms with Crippen molar-refractivity contribution < 1.29 is 9.13 Å². The molecule has 1 atom stereocenters. The summed E-state index contributed by atoms with van der Waals surface area (Å²) in [5.41, 5.74) is 7.27. The largest absolute Gasteiger partial charge is 0.494 e. The van der Waals surface area contributed by atoms with Gasteiger partial charge in [0, 0.05) is 11.6 Å². The van der Waals surface area contributed by atoms with Crippen molar-refractivity contribution in [3.63, 3.8) is 0 Å². The van der Waals surface area contributed by atoms with Gasteiger partial charge >= 0.3 is 0 Å². The van der Waals surface area contributed by atoms with E-state index in [1.165, 1.54) is 7.11 Å². The number of ether oxygens (including phenoxy) is 1. The van der Waals surface area contributed by atoms with Gasteiger partial charge in [-0.2, -0.15) is 0 Å². The molecular formula is C12H16FNO. The predicted molar refractivity (Wildman–Crippen MR) is 59.3 cm³/mol. The molecule has 15 heavy (non-hydrogen) atoms. The molecule has 0 bridgehead atoms. The summed E-state index contributed by atoms with van der Waals surface area (Å²) in [5.74, 6) is -0.154. The highest BCUT2D eigenvalue weighted by Gasteiger charge is 2.14. The molecule has 0 spiro atoms. The van der Waals surface area contributed by atoms with Crippen LogP contribution >= 0.6 is 0 Å². The molecular weight excluding hydrogens is 193 g/mol. The third kappa shape index (κ3) is 2.80. The number of methoxy groups -OCH3 is 1. The fraction of sp³-hybridized carbons (Fsp3) is 0.333. The summed E-state index contributed by atoms with van der Waals surface area (Å²) in [6.45, 7) is 5.63. The third-order valence-corrected chi connectivity index (χ3v) is 2.18. The Morgan fingerprint density at radius 1 is 1.60 bits per heavy atom. The molecule has 0 aromatic heterocycles. The number of rotatable bonds is 4. The zero-order chi connectivity index (χ0) is 11.4. The van der Waals surface area contributed by atoms with Crippen LogP contribution in [-0.2, 0) is 0 Å². The quantitative estimate of drug-likeness (QED) is 0.774. The minimum atomic E-state index is -0.381. The van der Waals surface area contributed by atoms with Crippen LogP contribution in [0.15, 0.2) is 30.4 Å². The molecule has 0 radical (unpaired) electrons. The topological polar surface area (TPSA) is 35.2 Å². The Hall–Kier alpha value is -1.35. The zero-order valence-electron chi connectivity index (χ0n) is 9.09. The number of benzene rings is 1. The zero-order valence-corrected chi connectivity index (χ0v) is 9.09. The van der Waals surface area contributed by atoms with Crippen LogP contribution < -0.4 is 10.5 Å². The molecule has 0 aliphatic rings. The average molecular weight is 209 g/mol. The number of hydrogen-bond acceptors (Lipinski definition) is 2. The van der Waals surface area contributed by atoms with Crippen LogP contribution in [0, 0.1) is 5.82 Å². The van der Waals surface area contributed by atoms with E-state index in [1.54, 1.807) is 18.2 Å². The molecule has 0 unspecified atom stereocenters. The maximum atomic E-state index is 13.7. The van der Waals surface area contributed by atoms with E-state index in [2.05, 4.69) is 6.58 Å². The number of halogens is 1. The van der Waals surface area contributed by atoms with Gasteiger partial charge in [0.15, 0.2) is 11.6 Å². The van der Waals surface area contributed by atoms with Crippen LogP contribution in [0.25, 0.3) is 0 Å². The molecule has 1 aromatic rings. The molecule has 0 aliphatic heterocycles. The van der Waals surface area contributed by atoms with Gasteiger partial charge in [-0.15, -0.1) is 6.58 Å². The van der Waals surface area contributed by atoms with Gasteiger partial charge in [-0.25, -0.2) is 4.39 Å². The average Bonchev–Trinajstić information content (AvgIpc) is 2.17. The van der Waals surface area contributed by atoms with Gasteiger partial charge in [0.1, 0.15) is 0 Å². The number of nitrogens with two attached hydrogens (primary N) is 1.